The maximum atomic E-state index is 13.1. The number of imide groups is 1. The fraction of sp³-hybridized carbons (Fsp3) is 0.379. The van der Waals surface area contributed by atoms with Gasteiger partial charge < -0.3 is 20.1 Å². The van der Waals surface area contributed by atoms with Crippen molar-refractivity contribution in [2.45, 2.75) is 25.4 Å². The molecule has 0 radical (unpaired) electrons. The van der Waals surface area contributed by atoms with Gasteiger partial charge in [0.2, 0.25) is 11.8 Å². The highest BCUT2D eigenvalue weighted by Crippen LogP contribution is 2.34. The molecule has 0 spiro atoms. The lowest BCUT2D eigenvalue weighted by molar-refractivity contribution is -0.143. The second-order valence-electron chi connectivity index (χ2n) is 10.1. The molecule has 202 valence electrons. The molecule has 2 atom stereocenters. The average molecular weight is 531 g/mol. The van der Waals surface area contributed by atoms with Gasteiger partial charge in [-0.3, -0.25) is 29.4 Å². The highest BCUT2D eigenvalue weighted by molar-refractivity contribution is 6.08. The predicted octanol–water partition coefficient (Wildman–Crippen LogP) is 1.16. The molecule has 1 unspecified atom stereocenters. The van der Waals surface area contributed by atoms with E-state index in [1.54, 1.807) is 36.4 Å². The Morgan fingerprint density at radius 2 is 1.92 bits per heavy atom. The number of nitrogens with zero attached hydrogens (tertiary/aromatic N) is 2. The van der Waals surface area contributed by atoms with Crippen LogP contribution in [0.25, 0.3) is 0 Å². The third-order valence-electron chi connectivity index (χ3n) is 7.45. The fourth-order valence-electron chi connectivity index (χ4n) is 5.41. The van der Waals surface area contributed by atoms with Gasteiger partial charge in [0, 0.05) is 43.9 Å². The number of hydrogen-bond acceptors (Lipinski definition) is 7. The molecule has 3 aliphatic rings. The number of carbonyl (C=O) groups is 4. The standard InChI is InChI=1S/C29H30N4O6/c1-39-22-8-7-21-17-33(26(35)23(21)15-22)18-29(16-24(34)31-28(29)38)10-9-19-3-5-20(6-4-19)25(27(36)37)32-13-2-11-30-12-14-32/h3-8,15,25,30H,2,11-14,16-18H2,1H3,(H,36,37)(H,31,34,38)/t25?,29-/m1/s1. The van der Waals surface area contributed by atoms with E-state index in [1.807, 2.05) is 11.0 Å². The van der Waals surface area contributed by atoms with Gasteiger partial charge in [-0.25, -0.2) is 0 Å². The summed E-state index contributed by atoms with van der Waals surface area (Å²) in [6, 6.07) is 11.4. The Morgan fingerprint density at radius 3 is 2.62 bits per heavy atom. The highest BCUT2D eigenvalue weighted by Gasteiger charge is 2.48. The van der Waals surface area contributed by atoms with Crippen LogP contribution in [0.4, 0.5) is 0 Å². The van der Waals surface area contributed by atoms with Crippen molar-refractivity contribution in [2.24, 2.45) is 5.41 Å². The second kappa shape index (κ2) is 10.9. The van der Waals surface area contributed by atoms with Crippen LogP contribution >= 0.6 is 0 Å². The van der Waals surface area contributed by atoms with Crippen molar-refractivity contribution in [3.8, 4) is 17.6 Å². The zero-order valence-electron chi connectivity index (χ0n) is 21.7. The number of benzene rings is 2. The van der Waals surface area contributed by atoms with Crippen LogP contribution in [-0.2, 0) is 20.9 Å². The van der Waals surface area contributed by atoms with E-state index in [1.165, 1.54) is 12.0 Å². The van der Waals surface area contributed by atoms with E-state index >= 15 is 0 Å². The Labute approximate surface area is 226 Å². The van der Waals surface area contributed by atoms with Crippen LogP contribution in [0.5, 0.6) is 5.75 Å². The summed E-state index contributed by atoms with van der Waals surface area (Å²) in [7, 11) is 1.53. The first kappa shape index (κ1) is 26.4. The minimum Gasteiger partial charge on any atom is -0.497 e. The Balaban J connectivity index is 1.37. The summed E-state index contributed by atoms with van der Waals surface area (Å²) >= 11 is 0. The van der Waals surface area contributed by atoms with Crippen LogP contribution in [0.15, 0.2) is 42.5 Å². The number of hydrogen-bond donors (Lipinski definition) is 3. The lowest BCUT2D eigenvalue weighted by Gasteiger charge is -2.27. The largest absolute Gasteiger partial charge is 0.497 e. The number of fused-ring (bicyclic) bond motifs is 1. The summed E-state index contributed by atoms with van der Waals surface area (Å²) in [6.07, 6.45) is 0.721. The summed E-state index contributed by atoms with van der Waals surface area (Å²) in [5, 5.41) is 15.5. The minimum absolute atomic E-state index is 0.0322. The number of rotatable bonds is 6. The van der Waals surface area contributed by atoms with Crippen molar-refractivity contribution in [3.05, 3.63) is 64.7 Å². The first-order valence-corrected chi connectivity index (χ1v) is 12.9. The monoisotopic (exact) mass is 530 g/mol. The van der Waals surface area contributed by atoms with E-state index in [9.17, 15) is 24.3 Å². The molecule has 0 saturated carbocycles. The van der Waals surface area contributed by atoms with Crippen molar-refractivity contribution >= 4 is 23.7 Å². The number of methoxy groups -OCH3 is 1. The molecule has 3 heterocycles. The van der Waals surface area contributed by atoms with Gasteiger partial charge in [0.1, 0.15) is 17.2 Å². The van der Waals surface area contributed by atoms with Gasteiger partial charge in [-0.1, -0.05) is 30.0 Å². The molecule has 5 rings (SSSR count). The van der Waals surface area contributed by atoms with Gasteiger partial charge in [0.15, 0.2) is 0 Å². The average Bonchev–Trinajstić information content (AvgIpc) is 3.22. The van der Waals surface area contributed by atoms with Gasteiger partial charge in [0.25, 0.3) is 5.91 Å². The number of ether oxygens (including phenoxy) is 1. The van der Waals surface area contributed by atoms with Gasteiger partial charge in [-0.15, -0.1) is 0 Å². The molecule has 3 amide bonds. The van der Waals surface area contributed by atoms with Gasteiger partial charge >= 0.3 is 5.97 Å². The maximum absolute atomic E-state index is 13.1. The predicted molar refractivity (Wildman–Crippen MR) is 141 cm³/mol. The van der Waals surface area contributed by atoms with Crippen molar-refractivity contribution in [3.63, 3.8) is 0 Å². The van der Waals surface area contributed by atoms with Crippen LogP contribution in [0.1, 0.15) is 45.9 Å². The molecular weight excluding hydrogens is 500 g/mol. The molecule has 10 heteroatoms. The topological polar surface area (TPSA) is 128 Å². The number of amides is 3. The van der Waals surface area contributed by atoms with E-state index in [0.717, 1.165) is 25.1 Å². The third-order valence-corrected chi connectivity index (χ3v) is 7.45. The van der Waals surface area contributed by atoms with E-state index < -0.39 is 29.2 Å². The first-order valence-electron chi connectivity index (χ1n) is 12.9. The third kappa shape index (κ3) is 5.37. The molecule has 0 aliphatic carbocycles. The van der Waals surface area contributed by atoms with Crippen molar-refractivity contribution in [1.82, 2.24) is 20.4 Å². The molecule has 2 fully saturated rings. The normalized spacial score (nSPS) is 22.0. The van der Waals surface area contributed by atoms with Crippen LogP contribution in [0.2, 0.25) is 0 Å². The second-order valence-corrected chi connectivity index (χ2v) is 10.1. The quantitative estimate of drug-likeness (QED) is 0.375. The zero-order chi connectivity index (χ0) is 27.6. The lowest BCUT2D eigenvalue weighted by atomic mass is 9.85. The highest BCUT2D eigenvalue weighted by atomic mass is 16.5. The SMILES string of the molecule is COc1ccc2c(c1)C(=O)N(C[C@@]1(C#Cc3ccc(C(C(=O)O)N4CCCNCC4)cc3)CC(=O)NC1=O)C2. The molecule has 3 aliphatic heterocycles. The van der Waals surface area contributed by atoms with Crippen molar-refractivity contribution < 1.29 is 29.0 Å². The molecule has 3 N–H and O–H groups in total. The van der Waals surface area contributed by atoms with Gasteiger partial charge in [0.05, 0.1) is 13.5 Å². The zero-order valence-corrected chi connectivity index (χ0v) is 21.7. The van der Waals surface area contributed by atoms with Gasteiger partial charge in [-0.2, -0.15) is 0 Å². The Bertz CT molecular complexity index is 1370. The number of nitrogens with one attached hydrogen (secondary N) is 2. The van der Waals surface area contributed by atoms with E-state index in [-0.39, 0.29) is 18.9 Å². The molecule has 2 aromatic rings. The minimum atomic E-state index is -1.39. The summed E-state index contributed by atoms with van der Waals surface area (Å²) in [4.78, 5) is 53.9. The number of carboxylic acids is 1. The molecular formula is C29H30N4O6. The van der Waals surface area contributed by atoms with E-state index in [0.29, 0.717) is 42.1 Å². The molecule has 2 aromatic carbocycles. The summed E-state index contributed by atoms with van der Waals surface area (Å²) in [6.45, 7) is 3.18. The smallest absolute Gasteiger partial charge is 0.325 e. The fourth-order valence-corrected chi connectivity index (χ4v) is 5.41. The van der Waals surface area contributed by atoms with Crippen LogP contribution in [0.3, 0.4) is 0 Å². The summed E-state index contributed by atoms with van der Waals surface area (Å²) in [5.74, 6) is 4.43. The van der Waals surface area contributed by atoms with Crippen molar-refractivity contribution in [1.29, 1.82) is 0 Å². The van der Waals surface area contributed by atoms with Crippen LogP contribution < -0.4 is 15.4 Å². The summed E-state index contributed by atoms with van der Waals surface area (Å²) in [5.41, 5.74) is 1.16. The number of carboxylic acid groups (broad SMARTS) is 1. The van der Waals surface area contributed by atoms with E-state index in [2.05, 4.69) is 22.5 Å². The molecule has 39 heavy (non-hydrogen) atoms. The maximum Gasteiger partial charge on any atom is 0.325 e. The van der Waals surface area contributed by atoms with E-state index in [4.69, 9.17) is 4.74 Å². The number of carbonyl (C=O) groups excluding carboxylic acids is 3. The van der Waals surface area contributed by atoms with Gasteiger partial charge in [-0.05, 0) is 48.4 Å². The first-order chi connectivity index (χ1) is 18.8. The molecule has 2 saturated heterocycles. The molecule has 10 nitrogen and oxygen atoms in total. The molecule has 0 aromatic heterocycles. The Morgan fingerprint density at radius 1 is 1.13 bits per heavy atom. The van der Waals surface area contributed by atoms with Crippen LogP contribution in [0, 0.1) is 17.3 Å². The van der Waals surface area contributed by atoms with Crippen molar-refractivity contribution in [2.75, 3.05) is 39.8 Å². The number of aliphatic carboxylic acids is 1. The molecule has 0 bridgehead atoms. The Hall–Kier alpha value is -4.20. The van der Waals surface area contributed by atoms with Crippen LogP contribution in [-0.4, -0.2) is 78.4 Å². The lowest BCUT2D eigenvalue weighted by Crippen LogP contribution is -2.42. The Kier molecular flexibility index (Phi) is 7.37. The summed E-state index contributed by atoms with van der Waals surface area (Å²) < 4.78 is 5.23.